The number of rotatable bonds is 3. The van der Waals surface area contributed by atoms with E-state index in [0.717, 1.165) is 0 Å². The first-order valence-corrected chi connectivity index (χ1v) is 9.24. The number of hydrogen-bond donors (Lipinski definition) is 1. The minimum atomic E-state index is -2.86. The van der Waals surface area contributed by atoms with Gasteiger partial charge in [0.2, 0.25) is 0 Å². The van der Waals surface area contributed by atoms with Gasteiger partial charge in [0.25, 0.3) is 5.91 Å². The van der Waals surface area contributed by atoms with Gasteiger partial charge in [0.05, 0.1) is 11.5 Å². The topological polar surface area (TPSA) is 81.7 Å². The van der Waals surface area contributed by atoms with E-state index in [-0.39, 0.29) is 23.3 Å². The molecule has 0 spiro atoms. The fourth-order valence-corrected chi connectivity index (χ4v) is 4.26. The summed E-state index contributed by atoms with van der Waals surface area (Å²) in [6.45, 7) is 1.50. The number of amides is 1. The van der Waals surface area contributed by atoms with Gasteiger partial charge in [-0.1, -0.05) is 0 Å². The molecule has 0 atom stereocenters. The van der Waals surface area contributed by atoms with Crippen LogP contribution in [-0.2, 0) is 9.84 Å². The zero-order valence-corrected chi connectivity index (χ0v) is 13.0. The summed E-state index contributed by atoms with van der Waals surface area (Å²) in [5, 5.41) is 2.87. The maximum atomic E-state index is 12.2. The molecule has 0 unspecified atom stereocenters. The third-order valence-electron chi connectivity index (χ3n) is 4.03. The van der Waals surface area contributed by atoms with E-state index in [1.165, 1.54) is 0 Å². The maximum Gasteiger partial charge on any atom is 0.251 e. The molecule has 0 aliphatic carbocycles. The van der Waals surface area contributed by atoms with E-state index >= 15 is 0 Å². The van der Waals surface area contributed by atoms with Gasteiger partial charge in [-0.3, -0.25) is 4.79 Å². The minimum Gasteiger partial charge on any atom is -0.486 e. The van der Waals surface area contributed by atoms with Crippen LogP contribution in [0.5, 0.6) is 11.5 Å². The average molecular weight is 325 g/mol. The van der Waals surface area contributed by atoms with Crippen LogP contribution in [0.1, 0.15) is 23.2 Å². The van der Waals surface area contributed by atoms with Crippen molar-refractivity contribution >= 4 is 15.7 Å². The Morgan fingerprint density at radius 2 is 1.82 bits per heavy atom. The molecule has 0 radical (unpaired) electrons. The van der Waals surface area contributed by atoms with Crippen LogP contribution in [-0.4, -0.2) is 45.6 Å². The van der Waals surface area contributed by atoms with Gasteiger partial charge in [0.1, 0.15) is 23.1 Å². The zero-order chi connectivity index (χ0) is 15.6. The van der Waals surface area contributed by atoms with Crippen LogP contribution in [0.4, 0.5) is 0 Å². The van der Waals surface area contributed by atoms with Gasteiger partial charge < -0.3 is 14.8 Å². The Balaban J connectivity index is 1.56. The molecule has 6 nitrogen and oxygen atoms in total. The number of carbonyl (C=O) groups excluding carboxylic acids is 1. The third kappa shape index (κ3) is 3.52. The van der Waals surface area contributed by atoms with Crippen molar-refractivity contribution < 1.29 is 22.7 Å². The fourth-order valence-electron chi connectivity index (χ4n) is 2.67. The largest absolute Gasteiger partial charge is 0.486 e. The molecule has 1 aromatic carbocycles. The molecule has 0 aromatic heterocycles. The van der Waals surface area contributed by atoms with Gasteiger partial charge in [0, 0.05) is 12.1 Å². The van der Waals surface area contributed by atoms with Gasteiger partial charge in [-0.25, -0.2) is 8.42 Å². The number of nitrogens with one attached hydrogen (secondary N) is 1. The second kappa shape index (κ2) is 6.16. The first-order valence-electron chi connectivity index (χ1n) is 7.42. The van der Waals surface area contributed by atoms with E-state index in [4.69, 9.17) is 9.47 Å². The molecular weight excluding hydrogens is 306 g/mol. The molecule has 3 rings (SSSR count). The van der Waals surface area contributed by atoms with Crippen LogP contribution in [0.3, 0.4) is 0 Å². The van der Waals surface area contributed by atoms with E-state index in [0.29, 0.717) is 49.7 Å². The average Bonchev–Trinajstić information content (AvgIpc) is 2.53. The summed E-state index contributed by atoms with van der Waals surface area (Å²) in [6, 6.07) is 5.11. The highest BCUT2D eigenvalue weighted by Gasteiger charge is 2.24. The molecule has 0 bridgehead atoms. The summed E-state index contributed by atoms with van der Waals surface area (Å²) >= 11 is 0. The Bertz CT molecular complexity index is 657. The first-order chi connectivity index (χ1) is 10.5. The lowest BCUT2D eigenvalue weighted by Gasteiger charge is -2.22. The van der Waals surface area contributed by atoms with Crippen molar-refractivity contribution in [2.24, 2.45) is 5.92 Å². The molecular formula is C15H19NO5S. The van der Waals surface area contributed by atoms with Crippen LogP contribution >= 0.6 is 0 Å². The minimum absolute atomic E-state index is 0.176. The Morgan fingerprint density at radius 3 is 2.55 bits per heavy atom. The van der Waals surface area contributed by atoms with Gasteiger partial charge >= 0.3 is 0 Å². The van der Waals surface area contributed by atoms with E-state index in [1.807, 2.05) is 0 Å². The normalized spacial score (nSPS) is 20.4. The number of ether oxygens (including phenoxy) is 2. The standard InChI is InChI=1S/C15H19NO5S/c17-15(16-10-11-3-7-22(18,19)8-4-11)12-1-2-13-14(9-12)21-6-5-20-13/h1-2,9,11H,3-8,10H2,(H,16,17). The highest BCUT2D eigenvalue weighted by atomic mass is 32.2. The van der Waals surface area contributed by atoms with Gasteiger partial charge in [-0.05, 0) is 37.0 Å². The maximum absolute atomic E-state index is 12.2. The molecule has 1 aromatic rings. The van der Waals surface area contributed by atoms with Crippen LogP contribution in [0.2, 0.25) is 0 Å². The predicted molar refractivity (Wildman–Crippen MR) is 81.1 cm³/mol. The molecule has 2 aliphatic heterocycles. The number of sulfone groups is 1. The van der Waals surface area contributed by atoms with Crippen molar-refractivity contribution in [3.8, 4) is 11.5 Å². The number of carbonyl (C=O) groups is 1. The lowest BCUT2D eigenvalue weighted by Crippen LogP contribution is -2.34. The molecule has 2 aliphatic rings. The summed E-state index contributed by atoms with van der Waals surface area (Å²) in [7, 11) is -2.86. The molecule has 7 heteroatoms. The molecule has 2 heterocycles. The summed E-state index contributed by atoms with van der Waals surface area (Å²) < 4.78 is 33.6. The molecule has 1 N–H and O–H groups in total. The van der Waals surface area contributed by atoms with Crippen LogP contribution in [0.25, 0.3) is 0 Å². The Kier molecular flexibility index (Phi) is 4.24. The smallest absolute Gasteiger partial charge is 0.251 e. The van der Waals surface area contributed by atoms with Crippen molar-refractivity contribution in [2.75, 3.05) is 31.3 Å². The molecule has 1 amide bonds. The third-order valence-corrected chi connectivity index (χ3v) is 5.75. The van der Waals surface area contributed by atoms with Crippen molar-refractivity contribution in [1.29, 1.82) is 0 Å². The second-order valence-electron chi connectivity index (χ2n) is 5.66. The number of hydrogen-bond acceptors (Lipinski definition) is 5. The van der Waals surface area contributed by atoms with Crippen LogP contribution < -0.4 is 14.8 Å². The molecule has 1 saturated heterocycles. The SMILES string of the molecule is O=C(NCC1CCS(=O)(=O)CC1)c1ccc2c(c1)OCCO2. The fraction of sp³-hybridized carbons (Fsp3) is 0.533. The summed E-state index contributed by atoms with van der Waals surface area (Å²) in [6.07, 6.45) is 1.23. The van der Waals surface area contributed by atoms with Crippen molar-refractivity contribution in [3.63, 3.8) is 0 Å². The van der Waals surface area contributed by atoms with Crippen LogP contribution in [0, 0.1) is 5.92 Å². The molecule has 22 heavy (non-hydrogen) atoms. The zero-order valence-electron chi connectivity index (χ0n) is 12.2. The summed E-state index contributed by atoms with van der Waals surface area (Å²) in [5.74, 6) is 1.73. The van der Waals surface area contributed by atoms with E-state index in [2.05, 4.69) is 5.32 Å². The monoisotopic (exact) mass is 325 g/mol. The van der Waals surface area contributed by atoms with E-state index in [9.17, 15) is 13.2 Å². The number of fused-ring (bicyclic) bond motifs is 1. The number of benzene rings is 1. The van der Waals surface area contributed by atoms with Crippen molar-refractivity contribution in [1.82, 2.24) is 5.32 Å². The lowest BCUT2D eigenvalue weighted by atomic mass is 10.0. The Labute approximate surface area is 129 Å². The second-order valence-corrected chi connectivity index (χ2v) is 7.97. The van der Waals surface area contributed by atoms with E-state index < -0.39 is 9.84 Å². The highest BCUT2D eigenvalue weighted by molar-refractivity contribution is 7.91. The van der Waals surface area contributed by atoms with E-state index in [1.54, 1.807) is 18.2 Å². The van der Waals surface area contributed by atoms with Crippen molar-refractivity contribution in [3.05, 3.63) is 23.8 Å². The molecule has 1 fully saturated rings. The molecule has 0 saturated carbocycles. The van der Waals surface area contributed by atoms with Gasteiger partial charge in [0.15, 0.2) is 11.5 Å². The van der Waals surface area contributed by atoms with Crippen molar-refractivity contribution in [2.45, 2.75) is 12.8 Å². The summed E-state index contributed by atoms with van der Waals surface area (Å²) in [4.78, 5) is 12.2. The Hall–Kier alpha value is -1.76. The Morgan fingerprint density at radius 1 is 1.14 bits per heavy atom. The first kappa shape index (κ1) is 15.1. The van der Waals surface area contributed by atoms with Gasteiger partial charge in [-0.2, -0.15) is 0 Å². The lowest BCUT2D eigenvalue weighted by molar-refractivity contribution is 0.0945. The predicted octanol–water partition coefficient (Wildman–Crippen LogP) is 1.01. The van der Waals surface area contributed by atoms with Crippen LogP contribution in [0.15, 0.2) is 18.2 Å². The molecule has 120 valence electrons. The summed E-state index contributed by atoms with van der Waals surface area (Å²) in [5.41, 5.74) is 0.521. The highest BCUT2D eigenvalue weighted by Crippen LogP contribution is 2.30. The van der Waals surface area contributed by atoms with Gasteiger partial charge in [-0.15, -0.1) is 0 Å². The quantitative estimate of drug-likeness (QED) is 0.897.